The number of aliphatic hydroxyl groups is 1. The summed E-state index contributed by atoms with van der Waals surface area (Å²) in [6.45, 7) is 1.20. The van der Waals surface area contributed by atoms with E-state index in [-0.39, 0.29) is 29.8 Å². The van der Waals surface area contributed by atoms with Crippen LogP contribution in [0.25, 0.3) is 22.9 Å². The number of benzene rings is 2. The van der Waals surface area contributed by atoms with Gasteiger partial charge in [-0.25, -0.2) is 9.78 Å². The molecule has 2 fully saturated rings. The predicted octanol–water partition coefficient (Wildman–Crippen LogP) is 4.52. The number of cyclic esters (lactones) is 1. The van der Waals surface area contributed by atoms with Crippen LogP contribution >= 0.6 is 0 Å². The van der Waals surface area contributed by atoms with Gasteiger partial charge in [-0.05, 0) is 36.8 Å². The molecule has 3 heterocycles. The summed E-state index contributed by atoms with van der Waals surface area (Å²) >= 11 is 0. The number of anilines is 1. The van der Waals surface area contributed by atoms with Gasteiger partial charge in [-0.3, -0.25) is 9.69 Å². The van der Waals surface area contributed by atoms with Crippen LogP contribution in [0, 0.1) is 0 Å². The number of rotatable bonds is 4. The van der Waals surface area contributed by atoms with E-state index in [1.807, 2.05) is 0 Å². The van der Waals surface area contributed by atoms with Crippen LogP contribution in [0.2, 0.25) is 0 Å². The van der Waals surface area contributed by atoms with E-state index in [0.29, 0.717) is 42.8 Å². The van der Waals surface area contributed by atoms with Crippen molar-refractivity contribution in [1.29, 1.82) is 0 Å². The number of amides is 2. The second kappa shape index (κ2) is 8.64. The van der Waals surface area contributed by atoms with E-state index in [0.717, 1.165) is 12.1 Å². The Kier molecular flexibility index (Phi) is 5.62. The number of fused-ring (bicyclic) bond motifs is 1. The lowest BCUT2D eigenvalue weighted by Gasteiger charge is -2.26. The fraction of sp³-hybridized carbons (Fsp3) is 0.292. The fourth-order valence-electron chi connectivity index (χ4n) is 4.38. The van der Waals surface area contributed by atoms with E-state index < -0.39 is 23.6 Å². The molecular weight excluding hydrogens is 465 g/mol. The highest BCUT2D eigenvalue weighted by Gasteiger charge is 2.31. The van der Waals surface area contributed by atoms with Crippen LogP contribution in [0.4, 0.5) is 23.7 Å². The molecule has 0 bridgehead atoms. The van der Waals surface area contributed by atoms with Gasteiger partial charge in [0, 0.05) is 36.8 Å². The number of hydrogen-bond donors (Lipinski definition) is 2. The van der Waals surface area contributed by atoms with E-state index in [4.69, 9.17) is 4.74 Å². The van der Waals surface area contributed by atoms with E-state index >= 15 is 0 Å². The molecule has 5 rings (SSSR count). The predicted molar refractivity (Wildman–Crippen MR) is 122 cm³/mol. The molecule has 1 aromatic heterocycles. The summed E-state index contributed by atoms with van der Waals surface area (Å²) in [5, 5.41) is 13.5. The molecule has 2 aromatic carbocycles. The number of aliphatic hydroxyl groups excluding tert-OH is 1. The third-order valence-corrected chi connectivity index (χ3v) is 6.06. The van der Waals surface area contributed by atoms with E-state index in [1.165, 1.54) is 23.1 Å². The highest BCUT2D eigenvalue weighted by Crippen LogP contribution is 2.33. The molecular formula is C24H21F3N4O4. The number of halogens is 3. The van der Waals surface area contributed by atoms with Crippen LogP contribution in [0.5, 0.6) is 0 Å². The SMILES string of the molecule is O=C1C[C@H](n2c(C=C(O)c3cccc(C(F)(F)F)c3)nc3cc(N4CCCOC4=O)ccc32)CN1. The van der Waals surface area contributed by atoms with Crippen molar-refractivity contribution in [3.05, 3.63) is 59.4 Å². The highest BCUT2D eigenvalue weighted by atomic mass is 19.4. The molecule has 0 saturated carbocycles. The molecule has 8 nitrogen and oxygen atoms in total. The van der Waals surface area contributed by atoms with Crippen molar-refractivity contribution < 1.29 is 32.6 Å². The van der Waals surface area contributed by atoms with Crippen LogP contribution in [0.3, 0.4) is 0 Å². The molecule has 0 unspecified atom stereocenters. The van der Waals surface area contributed by atoms with E-state index in [2.05, 4.69) is 10.3 Å². The number of nitrogens with zero attached hydrogens (tertiary/aromatic N) is 3. The van der Waals surface area contributed by atoms with Gasteiger partial charge in [0.05, 0.1) is 29.2 Å². The summed E-state index contributed by atoms with van der Waals surface area (Å²) in [6.07, 6.45) is -2.84. The zero-order valence-corrected chi connectivity index (χ0v) is 18.4. The van der Waals surface area contributed by atoms with Gasteiger partial charge in [-0.15, -0.1) is 0 Å². The average molecular weight is 486 g/mol. The number of hydrogen-bond acceptors (Lipinski definition) is 5. The number of nitrogens with one attached hydrogen (secondary N) is 1. The Morgan fingerprint density at radius 2 is 2.03 bits per heavy atom. The Bertz CT molecular complexity index is 1350. The largest absolute Gasteiger partial charge is 0.507 e. The first kappa shape index (κ1) is 22.8. The summed E-state index contributed by atoms with van der Waals surface area (Å²) in [4.78, 5) is 30.1. The van der Waals surface area contributed by atoms with Gasteiger partial charge < -0.3 is 19.7 Å². The summed E-state index contributed by atoms with van der Waals surface area (Å²) in [5.74, 6) is -0.263. The lowest BCUT2D eigenvalue weighted by Crippen LogP contribution is -2.37. The van der Waals surface area contributed by atoms with Crippen molar-refractivity contribution in [1.82, 2.24) is 14.9 Å². The molecule has 2 aliphatic rings. The number of alkyl halides is 3. The van der Waals surface area contributed by atoms with Gasteiger partial charge >= 0.3 is 12.3 Å². The van der Waals surface area contributed by atoms with Gasteiger partial charge in [0.2, 0.25) is 5.91 Å². The molecule has 0 aliphatic carbocycles. The lowest BCUT2D eigenvalue weighted by atomic mass is 10.1. The van der Waals surface area contributed by atoms with Gasteiger partial charge in [-0.2, -0.15) is 13.2 Å². The van der Waals surface area contributed by atoms with Crippen molar-refractivity contribution in [3.63, 3.8) is 0 Å². The first-order valence-corrected chi connectivity index (χ1v) is 11.0. The molecule has 0 radical (unpaired) electrons. The average Bonchev–Trinajstić information content (AvgIpc) is 3.40. The van der Waals surface area contributed by atoms with Crippen molar-refractivity contribution in [3.8, 4) is 0 Å². The Morgan fingerprint density at radius 1 is 1.20 bits per heavy atom. The van der Waals surface area contributed by atoms with Crippen LogP contribution in [-0.4, -0.2) is 46.4 Å². The number of imidazole rings is 1. The molecule has 2 amide bonds. The smallest absolute Gasteiger partial charge is 0.416 e. The van der Waals surface area contributed by atoms with Crippen LogP contribution < -0.4 is 10.2 Å². The fourth-order valence-corrected chi connectivity index (χ4v) is 4.38. The minimum absolute atomic E-state index is 0.0178. The Labute approximate surface area is 197 Å². The second-order valence-corrected chi connectivity index (χ2v) is 8.40. The third-order valence-electron chi connectivity index (χ3n) is 6.06. The molecule has 2 saturated heterocycles. The van der Waals surface area contributed by atoms with Gasteiger partial charge in [0.25, 0.3) is 0 Å². The van der Waals surface area contributed by atoms with Gasteiger partial charge in [0.15, 0.2) is 0 Å². The maximum absolute atomic E-state index is 13.1. The normalized spacial score (nSPS) is 19.2. The van der Waals surface area contributed by atoms with Crippen LogP contribution in [-0.2, 0) is 15.7 Å². The molecule has 3 aromatic rings. The third kappa shape index (κ3) is 4.41. The first-order valence-electron chi connectivity index (χ1n) is 11.0. The molecule has 2 N–H and O–H groups in total. The quantitative estimate of drug-likeness (QED) is 0.529. The topological polar surface area (TPSA) is 96.7 Å². The highest BCUT2D eigenvalue weighted by molar-refractivity contribution is 5.92. The zero-order chi connectivity index (χ0) is 24.7. The molecule has 1 atom stereocenters. The number of ether oxygens (including phenoxy) is 1. The minimum atomic E-state index is -4.55. The summed E-state index contributed by atoms with van der Waals surface area (Å²) in [6, 6.07) is 9.29. The van der Waals surface area contributed by atoms with E-state index in [9.17, 15) is 27.9 Å². The van der Waals surface area contributed by atoms with E-state index in [1.54, 1.807) is 22.8 Å². The van der Waals surface area contributed by atoms with Crippen molar-refractivity contribution >= 4 is 40.6 Å². The summed E-state index contributed by atoms with van der Waals surface area (Å²) in [5.41, 5.74) is 0.847. The standard InChI is InChI=1S/C24H21F3N4O4/c25-24(26,27)15-4-1-3-14(9-15)20(32)12-21-29-18-10-16(30-7-2-8-35-23(30)34)5-6-19(18)31(21)17-11-22(33)28-13-17/h1,3-6,9-10,12,17,32H,2,7-8,11,13H2,(H,28,33)/t17-/m0/s1. The number of carbonyl (C=O) groups is 2. The van der Waals surface area contributed by atoms with Crippen LogP contribution in [0.15, 0.2) is 42.5 Å². The second-order valence-electron chi connectivity index (χ2n) is 8.40. The van der Waals surface area contributed by atoms with Crippen molar-refractivity contribution in [2.75, 3.05) is 24.6 Å². The molecule has 35 heavy (non-hydrogen) atoms. The molecule has 2 aliphatic heterocycles. The van der Waals surface area contributed by atoms with Gasteiger partial charge in [-0.1, -0.05) is 12.1 Å². The Hall–Kier alpha value is -4.02. The van der Waals surface area contributed by atoms with Crippen molar-refractivity contribution in [2.24, 2.45) is 0 Å². The number of aromatic nitrogens is 2. The van der Waals surface area contributed by atoms with Crippen molar-refractivity contribution in [2.45, 2.75) is 25.1 Å². The van der Waals surface area contributed by atoms with Gasteiger partial charge in [0.1, 0.15) is 11.6 Å². The lowest BCUT2D eigenvalue weighted by molar-refractivity contribution is -0.137. The Morgan fingerprint density at radius 3 is 2.74 bits per heavy atom. The monoisotopic (exact) mass is 486 g/mol. The number of carbonyl (C=O) groups excluding carboxylic acids is 2. The minimum Gasteiger partial charge on any atom is -0.507 e. The van der Waals surface area contributed by atoms with Crippen LogP contribution in [0.1, 0.15) is 35.8 Å². The maximum atomic E-state index is 13.1. The Balaban J connectivity index is 1.59. The maximum Gasteiger partial charge on any atom is 0.416 e. The zero-order valence-electron chi connectivity index (χ0n) is 18.4. The molecule has 182 valence electrons. The summed E-state index contributed by atoms with van der Waals surface area (Å²) in [7, 11) is 0. The molecule has 11 heteroatoms. The molecule has 0 spiro atoms. The summed E-state index contributed by atoms with van der Waals surface area (Å²) < 4.78 is 46.3. The first-order chi connectivity index (χ1) is 16.7.